The Morgan fingerprint density at radius 1 is 1.03 bits per heavy atom. The van der Waals surface area contributed by atoms with Crippen molar-refractivity contribution < 1.29 is 17.8 Å². The molecule has 34 heavy (non-hydrogen) atoms. The number of amides is 1. The molecule has 2 aliphatic rings. The van der Waals surface area contributed by atoms with Gasteiger partial charge in [-0.05, 0) is 37.3 Å². The fourth-order valence-electron chi connectivity index (χ4n) is 3.81. The summed E-state index contributed by atoms with van der Waals surface area (Å²) >= 11 is 2.72. The van der Waals surface area contributed by atoms with Crippen molar-refractivity contribution in [1.29, 1.82) is 0 Å². The van der Waals surface area contributed by atoms with E-state index in [4.69, 9.17) is 0 Å². The maximum atomic E-state index is 13.3. The molecular formula is C22H18N4O5S3. The number of para-hydroxylation sites is 1. The lowest BCUT2D eigenvalue weighted by Gasteiger charge is -2.12. The molecule has 0 saturated carbocycles. The number of benzene rings is 2. The predicted molar refractivity (Wildman–Crippen MR) is 133 cm³/mol. The SMILES string of the molecule is CC1=NN(c2cccc(S(=O)(=O)O)c2)C(=O)/C1=c1/s/c(=C2\Sc3ccccc3N2C)c(=O)n1C. The molecule has 0 radical (unpaired) electrons. The molecule has 1 aromatic heterocycles. The van der Waals surface area contributed by atoms with Gasteiger partial charge in [-0.1, -0.05) is 30.0 Å². The first-order valence-electron chi connectivity index (χ1n) is 10.0. The molecule has 2 aromatic carbocycles. The standard InChI is InChI=1S/C22H18N4O5S3/c1-12-17(19(27)26(23-12)13-7-6-8-14(11-13)34(29,30)31)21-25(3)20(28)18(33-21)22-24(2)15-9-4-5-10-16(15)32-22/h4-11H,1-3H3,(H,29,30,31)/b21-17+,22-18-. The minimum atomic E-state index is -4.44. The van der Waals surface area contributed by atoms with E-state index in [1.165, 1.54) is 51.9 Å². The molecule has 9 nitrogen and oxygen atoms in total. The number of rotatable bonds is 2. The summed E-state index contributed by atoms with van der Waals surface area (Å²) < 4.78 is 34.8. The molecule has 0 unspecified atom stereocenters. The van der Waals surface area contributed by atoms with E-state index in [-0.39, 0.29) is 21.7 Å². The van der Waals surface area contributed by atoms with Crippen LogP contribution in [0.2, 0.25) is 0 Å². The van der Waals surface area contributed by atoms with Crippen LogP contribution in [0.15, 0.2) is 68.2 Å². The van der Waals surface area contributed by atoms with Crippen LogP contribution in [0.4, 0.5) is 11.4 Å². The molecule has 3 heterocycles. The maximum absolute atomic E-state index is 13.3. The minimum Gasteiger partial charge on any atom is -0.337 e. The Kier molecular flexibility index (Phi) is 5.28. The van der Waals surface area contributed by atoms with Crippen LogP contribution in [0.5, 0.6) is 0 Å². The van der Waals surface area contributed by atoms with E-state index in [2.05, 4.69) is 5.10 Å². The summed E-state index contributed by atoms with van der Waals surface area (Å²) in [7, 11) is -0.933. The van der Waals surface area contributed by atoms with Crippen LogP contribution in [0.1, 0.15) is 6.92 Å². The van der Waals surface area contributed by atoms with Gasteiger partial charge in [-0.15, -0.1) is 11.3 Å². The van der Waals surface area contributed by atoms with E-state index < -0.39 is 16.0 Å². The number of thioether (sulfide) groups is 1. The van der Waals surface area contributed by atoms with Gasteiger partial charge < -0.3 is 9.47 Å². The number of anilines is 2. The molecule has 2 aliphatic heterocycles. The molecular weight excluding hydrogens is 496 g/mol. The third-order valence-corrected chi connectivity index (χ3v) is 8.99. The highest BCUT2D eigenvalue weighted by Crippen LogP contribution is 2.44. The van der Waals surface area contributed by atoms with E-state index in [9.17, 15) is 22.6 Å². The minimum absolute atomic E-state index is 0.187. The zero-order valence-electron chi connectivity index (χ0n) is 18.2. The van der Waals surface area contributed by atoms with E-state index in [0.29, 0.717) is 14.9 Å². The number of aromatic nitrogens is 1. The van der Waals surface area contributed by atoms with Crippen molar-refractivity contribution >= 4 is 66.8 Å². The molecule has 0 fully saturated rings. The van der Waals surface area contributed by atoms with Gasteiger partial charge in [0.15, 0.2) is 0 Å². The van der Waals surface area contributed by atoms with Crippen LogP contribution in [0, 0.1) is 0 Å². The van der Waals surface area contributed by atoms with Crippen molar-refractivity contribution in [2.45, 2.75) is 16.7 Å². The van der Waals surface area contributed by atoms with Crippen LogP contribution in [0.25, 0.3) is 10.6 Å². The molecule has 0 aliphatic carbocycles. The molecule has 0 spiro atoms. The molecule has 0 saturated heterocycles. The van der Waals surface area contributed by atoms with Gasteiger partial charge in [0.1, 0.15) is 14.2 Å². The number of hydrogen-bond donors (Lipinski definition) is 1. The third-order valence-electron chi connectivity index (χ3n) is 5.53. The molecule has 1 amide bonds. The molecule has 174 valence electrons. The Labute approximate surface area is 202 Å². The monoisotopic (exact) mass is 514 g/mol. The zero-order valence-corrected chi connectivity index (χ0v) is 20.7. The highest BCUT2D eigenvalue weighted by Gasteiger charge is 2.32. The van der Waals surface area contributed by atoms with E-state index in [1.54, 1.807) is 14.0 Å². The smallest absolute Gasteiger partial charge is 0.294 e. The second-order valence-corrected chi connectivity index (χ2v) is 11.1. The zero-order chi connectivity index (χ0) is 24.4. The lowest BCUT2D eigenvalue weighted by atomic mass is 10.2. The lowest BCUT2D eigenvalue weighted by Crippen LogP contribution is -2.33. The lowest BCUT2D eigenvalue weighted by molar-refractivity contribution is -0.112. The molecule has 1 N–H and O–H groups in total. The third kappa shape index (κ3) is 3.50. The van der Waals surface area contributed by atoms with Gasteiger partial charge in [-0.25, -0.2) is 0 Å². The summed E-state index contributed by atoms with van der Waals surface area (Å²) in [6.45, 7) is 1.66. The molecule has 0 atom stereocenters. The quantitative estimate of drug-likeness (QED) is 0.517. The first-order valence-corrected chi connectivity index (χ1v) is 13.1. The van der Waals surface area contributed by atoms with Crippen LogP contribution in [-0.4, -0.2) is 36.2 Å². The summed E-state index contributed by atoms with van der Waals surface area (Å²) in [6, 6.07) is 13.2. The summed E-state index contributed by atoms with van der Waals surface area (Å²) in [4.78, 5) is 29.2. The highest BCUT2D eigenvalue weighted by atomic mass is 32.2. The normalized spacial score (nSPS) is 19.1. The second-order valence-electron chi connectivity index (χ2n) is 7.68. The number of nitrogens with zero attached hydrogens (tertiary/aromatic N) is 4. The summed E-state index contributed by atoms with van der Waals surface area (Å²) in [6.07, 6.45) is 0. The van der Waals surface area contributed by atoms with Gasteiger partial charge in [0.2, 0.25) is 0 Å². The molecule has 5 rings (SSSR count). The van der Waals surface area contributed by atoms with Gasteiger partial charge in [0, 0.05) is 19.0 Å². The van der Waals surface area contributed by atoms with Crippen LogP contribution >= 0.6 is 23.1 Å². The van der Waals surface area contributed by atoms with Crippen molar-refractivity contribution in [3.63, 3.8) is 0 Å². The van der Waals surface area contributed by atoms with Crippen LogP contribution in [-0.2, 0) is 22.0 Å². The largest absolute Gasteiger partial charge is 0.337 e. The maximum Gasteiger partial charge on any atom is 0.294 e. The summed E-state index contributed by atoms with van der Waals surface area (Å²) in [5.41, 5.74) is 1.63. The van der Waals surface area contributed by atoms with Gasteiger partial charge >= 0.3 is 0 Å². The summed E-state index contributed by atoms with van der Waals surface area (Å²) in [5, 5.41) is 6.16. The number of hydrazone groups is 1. The first kappa shape index (κ1) is 22.6. The average Bonchev–Trinajstić information content (AvgIpc) is 3.39. The van der Waals surface area contributed by atoms with Crippen molar-refractivity contribution in [1.82, 2.24) is 4.57 Å². The Morgan fingerprint density at radius 2 is 1.76 bits per heavy atom. The first-order chi connectivity index (χ1) is 16.1. The molecule has 3 aromatic rings. The Morgan fingerprint density at radius 3 is 2.47 bits per heavy atom. The van der Waals surface area contributed by atoms with Gasteiger partial charge in [-0.2, -0.15) is 18.5 Å². The van der Waals surface area contributed by atoms with Gasteiger partial charge in [0.05, 0.1) is 27.6 Å². The fraction of sp³-hybridized carbons (Fsp3) is 0.136. The second kappa shape index (κ2) is 7.94. The van der Waals surface area contributed by atoms with Crippen LogP contribution < -0.4 is 24.7 Å². The van der Waals surface area contributed by atoms with E-state index in [0.717, 1.165) is 20.6 Å². The number of fused-ring (bicyclic) bond motifs is 1. The van der Waals surface area contributed by atoms with Gasteiger partial charge in [-0.3, -0.25) is 14.1 Å². The number of carbonyl (C=O) groups excluding carboxylic acids is 1. The topological polar surface area (TPSA) is 112 Å². The van der Waals surface area contributed by atoms with Gasteiger partial charge in [0.25, 0.3) is 21.6 Å². The number of hydrogen-bond acceptors (Lipinski definition) is 8. The number of carbonyl (C=O) groups is 1. The molecule has 12 heteroatoms. The molecule has 0 bridgehead atoms. The Hall–Kier alpha value is -3.19. The Balaban J connectivity index is 1.66. The fourth-order valence-corrected chi connectivity index (χ4v) is 6.86. The van der Waals surface area contributed by atoms with Crippen molar-refractivity contribution in [2.24, 2.45) is 12.1 Å². The predicted octanol–water partition coefficient (Wildman–Crippen LogP) is 1.57. The van der Waals surface area contributed by atoms with Crippen molar-refractivity contribution in [3.8, 4) is 0 Å². The highest BCUT2D eigenvalue weighted by molar-refractivity contribution is 8.08. The Bertz CT molecular complexity index is 1700. The summed E-state index contributed by atoms with van der Waals surface area (Å²) in [5.74, 6) is -0.492. The van der Waals surface area contributed by atoms with Crippen molar-refractivity contribution in [3.05, 3.63) is 68.1 Å². The van der Waals surface area contributed by atoms with Crippen LogP contribution in [0.3, 0.4) is 0 Å². The number of thiazole rings is 1. The average molecular weight is 515 g/mol. The van der Waals surface area contributed by atoms with E-state index in [1.807, 2.05) is 36.2 Å². The van der Waals surface area contributed by atoms with Crippen molar-refractivity contribution in [2.75, 3.05) is 17.0 Å². The van der Waals surface area contributed by atoms with E-state index >= 15 is 0 Å².